The monoisotopic (exact) mass is 383 g/mol. The van der Waals surface area contributed by atoms with Gasteiger partial charge < -0.3 is 24.5 Å². The Kier molecular flexibility index (Phi) is 6.03. The Balaban J connectivity index is 1.69. The maximum absolute atomic E-state index is 6.17. The Bertz CT molecular complexity index is 806. The van der Waals surface area contributed by atoms with Gasteiger partial charge in [0.05, 0.1) is 11.2 Å². The van der Waals surface area contributed by atoms with Crippen LogP contribution in [0.25, 0.3) is 0 Å². The van der Waals surface area contributed by atoms with Gasteiger partial charge in [0.25, 0.3) is 0 Å². The summed E-state index contributed by atoms with van der Waals surface area (Å²) in [5.74, 6) is 0.761. The van der Waals surface area contributed by atoms with Crippen molar-refractivity contribution in [1.29, 1.82) is 0 Å². The van der Waals surface area contributed by atoms with Gasteiger partial charge in [0, 0.05) is 12.8 Å². The molecule has 0 bridgehead atoms. The quantitative estimate of drug-likeness (QED) is 0.452. The zero-order valence-corrected chi connectivity index (χ0v) is 17.5. The highest BCUT2D eigenvalue weighted by Crippen LogP contribution is 2.36. The van der Waals surface area contributed by atoms with Crippen LogP contribution in [-0.2, 0) is 26.9 Å². The molecule has 1 saturated heterocycles. The van der Waals surface area contributed by atoms with Crippen LogP contribution < -0.4 is 15.9 Å². The second-order valence-corrected chi connectivity index (χ2v) is 8.24. The molecule has 5 nitrogen and oxygen atoms in total. The highest BCUT2D eigenvalue weighted by atomic mass is 16.7. The molecule has 0 unspecified atom stereocenters. The van der Waals surface area contributed by atoms with Crippen LogP contribution in [0.3, 0.4) is 0 Å². The Morgan fingerprint density at radius 1 is 0.964 bits per heavy atom. The highest BCUT2D eigenvalue weighted by Gasteiger charge is 2.51. The second-order valence-electron chi connectivity index (χ2n) is 8.24. The van der Waals surface area contributed by atoms with Crippen molar-refractivity contribution >= 4 is 18.3 Å². The molecule has 0 aliphatic carbocycles. The molecule has 0 spiro atoms. The van der Waals surface area contributed by atoms with E-state index in [1.807, 2.05) is 18.2 Å². The van der Waals surface area contributed by atoms with E-state index in [1.165, 1.54) is 5.56 Å². The van der Waals surface area contributed by atoms with Crippen molar-refractivity contribution in [2.75, 3.05) is 19.6 Å². The van der Waals surface area contributed by atoms with E-state index < -0.39 is 0 Å². The van der Waals surface area contributed by atoms with Gasteiger partial charge in [0.1, 0.15) is 5.75 Å². The Morgan fingerprint density at radius 2 is 1.68 bits per heavy atom. The lowest BCUT2D eigenvalue weighted by molar-refractivity contribution is 0.00578. The molecule has 2 aromatic rings. The van der Waals surface area contributed by atoms with Gasteiger partial charge in [-0.2, -0.15) is 0 Å². The van der Waals surface area contributed by atoms with E-state index in [-0.39, 0.29) is 25.1 Å². The van der Waals surface area contributed by atoms with Crippen LogP contribution in [-0.4, -0.2) is 32.2 Å². The molecule has 6 heteroatoms. The van der Waals surface area contributed by atoms with Crippen molar-refractivity contribution < 1.29 is 18.8 Å². The Labute approximate surface area is 168 Å². The number of nitrogen functional groups attached to an aromatic ring is 1. The minimum Gasteiger partial charge on any atom is -0.468 e. The molecular formula is C22H30BNO4. The summed E-state index contributed by atoms with van der Waals surface area (Å²) in [4.78, 5) is 0. The van der Waals surface area contributed by atoms with Gasteiger partial charge >= 0.3 is 7.12 Å². The van der Waals surface area contributed by atoms with Gasteiger partial charge in [-0.25, -0.2) is 0 Å². The van der Waals surface area contributed by atoms with Crippen molar-refractivity contribution in [1.82, 2.24) is 0 Å². The summed E-state index contributed by atoms with van der Waals surface area (Å²) in [5, 5.41) is 0. The van der Waals surface area contributed by atoms with Crippen molar-refractivity contribution in [3.8, 4) is 5.75 Å². The van der Waals surface area contributed by atoms with Crippen molar-refractivity contribution in [3.05, 3.63) is 53.6 Å². The highest BCUT2D eigenvalue weighted by molar-refractivity contribution is 6.62. The number of rotatable bonds is 7. The topological polar surface area (TPSA) is 62.9 Å². The van der Waals surface area contributed by atoms with E-state index >= 15 is 0 Å². The molecule has 0 aromatic heterocycles. The first kappa shape index (κ1) is 20.7. The fraction of sp³-hybridized carbons (Fsp3) is 0.455. The molecule has 0 atom stereocenters. The zero-order valence-electron chi connectivity index (χ0n) is 17.5. The van der Waals surface area contributed by atoms with Crippen molar-refractivity contribution in [3.63, 3.8) is 0 Å². The number of hydrogen-bond donors (Lipinski definition) is 1. The first-order valence-corrected chi connectivity index (χ1v) is 9.66. The first-order valence-electron chi connectivity index (χ1n) is 9.66. The molecule has 0 amide bonds. The number of anilines is 1. The fourth-order valence-corrected chi connectivity index (χ4v) is 3.17. The number of nitrogens with two attached hydrogens (primary N) is 1. The largest absolute Gasteiger partial charge is 0.494 e. The molecule has 1 fully saturated rings. The summed E-state index contributed by atoms with van der Waals surface area (Å²) in [6, 6.07) is 14.1. The molecule has 150 valence electrons. The number of ether oxygens (including phenoxy) is 2. The molecule has 1 heterocycles. The van der Waals surface area contributed by atoms with Crippen molar-refractivity contribution in [2.45, 2.75) is 51.7 Å². The Hall–Kier alpha value is -2.02. The molecule has 3 rings (SSSR count). The first-order chi connectivity index (χ1) is 13.2. The fourth-order valence-electron chi connectivity index (χ4n) is 3.17. The third-order valence-electron chi connectivity index (χ3n) is 5.62. The molecule has 1 aliphatic rings. The van der Waals surface area contributed by atoms with Crippen LogP contribution in [0.15, 0.2) is 42.5 Å². The normalized spacial score (nSPS) is 17.7. The van der Waals surface area contributed by atoms with Crippen LogP contribution in [0.2, 0.25) is 0 Å². The average Bonchev–Trinajstić information content (AvgIpc) is 2.87. The molecule has 28 heavy (non-hydrogen) atoms. The molecular weight excluding hydrogens is 353 g/mol. The smallest absolute Gasteiger partial charge is 0.468 e. The lowest BCUT2D eigenvalue weighted by Crippen LogP contribution is -2.41. The van der Waals surface area contributed by atoms with E-state index in [9.17, 15) is 0 Å². The van der Waals surface area contributed by atoms with Crippen molar-refractivity contribution in [2.24, 2.45) is 0 Å². The van der Waals surface area contributed by atoms with Gasteiger partial charge in [0.15, 0.2) is 6.79 Å². The minimum atomic E-state index is -0.346. The van der Waals surface area contributed by atoms with Crippen LogP contribution in [0.5, 0.6) is 5.75 Å². The number of methoxy groups -OCH3 is 1. The standard InChI is InChI=1S/C22H30BNO4/c1-21(2)22(3,4)28-23(27-21)18-8-6-7-16(13-18)9-10-17-14-19(26-15-25-5)11-12-20(17)24/h6-8,11-14H,9-10,15,24H2,1-5H3. The van der Waals surface area contributed by atoms with E-state index in [4.69, 9.17) is 24.5 Å². The average molecular weight is 383 g/mol. The maximum atomic E-state index is 6.17. The van der Waals surface area contributed by atoms with Crippen LogP contribution in [0.1, 0.15) is 38.8 Å². The molecule has 0 saturated carbocycles. The Morgan fingerprint density at radius 3 is 2.36 bits per heavy atom. The summed E-state index contributed by atoms with van der Waals surface area (Å²) in [5.41, 5.74) is 9.55. The lowest BCUT2D eigenvalue weighted by Gasteiger charge is -2.32. The number of hydrogen-bond acceptors (Lipinski definition) is 5. The van der Waals surface area contributed by atoms with Crippen LogP contribution >= 0.6 is 0 Å². The van der Waals surface area contributed by atoms with Gasteiger partial charge in [-0.3, -0.25) is 0 Å². The predicted octanol–water partition coefficient (Wildman–Crippen LogP) is 3.34. The van der Waals surface area contributed by atoms with E-state index in [0.717, 1.165) is 35.3 Å². The lowest BCUT2D eigenvalue weighted by atomic mass is 9.78. The van der Waals surface area contributed by atoms with E-state index in [1.54, 1.807) is 7.11 Å². The van der Waals surface area contributed by atoms with Gasteiger partial charge in [-0.15, -0.1) is 0 Å². The van der Waals surface area contributed by atoms with E-state index in [0.29, 0.717) is 0 Å². The predicted molar refractivity (Wildman–Crippen MR) is 113 cm³/mol. The molecule has 0 radical (unpaired) electrons. The zero-order chi connectivity index (χ0) is 20.4. The summed E-state index contributed by atoms with van der Waals surface area (Å²) in [6.07, 6.45) is 1.69. The van der Waals surface area contributed by atoms with Crippen LogP contribution in [0.4, 0.5) is 5.69 Å². The summed E-state index contributed by atoms with van der Waals surface area (Å²) >= 11 is 0. The van der Waals surface area contributed by atoms with Gasteiger partial charge in [0.2, 0.25) is 0 Å². The maximum Gasteiger partial charge on any atom is 0.494 e. The second kappa shape index (κ2) is 8.15. The summed E-state index contributed by atoms with van der Waals surface area (Å²) < 4.78 is 22.8. The molecule has 2 aromatic carbocycles. The van der Waals surface area contributed by atoms with Gasteiger partial charge in [-0.1, -0.05) is 24.3 Å². The number of aryl methyl sites for hydroxylation is 2. The summed E-state index contributed by atoms with van der Waals surface area (Å²) in [6.45, 7) is 8.49. The minimum absolute atomic E-state index is 0.222. The molecule has 1 aliphatic heterocycles. The third-order valence-corrected chi connectivity index (χ3v) is 5.62. The SMILES string of the molecule is COCOc1ccc(N)c(CCc2cccc(B3OC(C)(C)C(C)(C)O3)c2)c1. The van der Waals surface area contributed by atoms with Crippen LogP contribution in [0, 0.1) is 0 Å². The third kappa shape index (κ3) is 4.51. The molecule has 2 N–H and O–H groups in total. The summed E-state index contributed by atoms with van der Waals surface area (Å²) in [7, 11) is 1.26. The number of benzene rings is 2. The van der Waals surface area contributed by atoms with Gasteiger partial charge in [-0.05, 0) is 75.3 Å². The van der Waals surface area contributed by atoms with E-state index in [2.05, 4.69) is 52.0 Å².